The van der Waals surface area contributed by atoms with Gasteiger partial charge in [-0.25, -0.2) is 4.39 Å². The first kappa shape index (κ1) is 10.7. The number of methoxy groups -OCH3 is 1. The average molecular weight is 198 g/mol. The summed E-state index contributed by atoms with van der Waals surface area (Å²) in [5.74, 6) is -1.87. The molecule has 0 atom stereocenters. The van der Waals surface area contributed by atoms with Gasteiger partial charge in [-0.15, -0.1) is 0 Å². The van der Waals surface area contributed by atoms with E-state index in [0.717, 1.165) is 11.6 Å². The summed E-state index contributed by atoms with van der Waals surface area (Å²) in [6, 6.07) is 2.60. The van der Waals surface area contributed by atoms with Gasteiger partial charge in [-0.1, -0.05) is 6.08 Å². The van der Waals surface area contributed by atoms with Gasteiger partial charge < -0.3 is 4.74 Å². The standard InChI is InChI=1S/C11H12F2O/c1-4-7(2)8-5-6-9(12)10(13)11(8)14-3/h4-6H,1-3H3/b7-4-. The van der Waals surface area contributed by atoms with E-state index in [1.54, 1.807) is 0 Å². The first-order valence-electron chi connectivity index (χ1n) is 4.27. The molecule has 0 aliphatic rings. The molecule has 0 aliphatic carbocycles. The van der Waals surface area contributed by atoms with Crippen molar-refractivity contribution >= 4 is 5.57 Å². The Balaban J connectivity index is 3.38. The first-order chi connectivity index (χ1) is 6.61. The molecule has 1 nitrogen and oxygen atoms in total. The molecule has 1 aromatic carbocycles. The molecule has 0 spiro atoms. The molecular weight excluding hydrogens is 186 g/mol. The summed E-state index contributed by atoms with van der Waals surface area (Å²) in [4.78, 5) is 0. The van der Waals surface area contributed by atoms with Gasteiger partial charge in [0.1, 0.15) is 0 Å². The van der Waals surface area contributed by atoms with E-state index in [9.17, 15) is 8.78 Å². The van der Waals surface area contributed by atoms with Crippen LogP contribution in [0.25, 0.3) is 5.57 Å². The highest BCUT2D eigenvalue weighted by Gasteiger charge is 2.14. The molecular formula is C11H12F2O. The Hall–Kier alpha value is -1.38. The van der Waals surface area contributed by atoms with Crippen LogP contribution in [0.4, 0.5) is 8.78 Å². The largest absolute Gasteiger partial charge is 0.493 e. The molecule has 1 rings (SSSR count). The minimum absolute atomic E-state index is 0.0411. The van der Waals surface area contributed by atoms with Gasteiger partial charge >= 0.3 is 0 Å². The van der Waals surface area contributed by atoms with E-state index in [-0.39, 0.29) is 5.75 Å². The summed E-state index contributed by atoms with van der Waals surface area (Å²) >= 11 is 0. The van der Waals surface area contributed by atoms with Gasteiger partial charge in [0, 0.05) is 5.56 Å². The lowest BCUT2D eigenvalue weighted by molar-refractivity contribution is 0.370. The third kappa shape index (κ3) is 1.76. The molecule has 0 bridgehead atoms. The van der Waals surface area contributed by atoms with Crippen LogP contribution < -0.4 is 4.74 Å². The van der Waals surface area contributed by atoms with Crippen molar-refractivity contribution in [1.29, 1.82) is 0 Å². The minimum atomic E-state index is -0.939. The Morgan fingerprint density at radius 1 is 1.36 bits per heavy atom. The van der Waals surface area contributed by atoms with Crippen LogP contribution in [0.15, 0.2) is 18.2 Å². The first-order valence-corrected chi connectivity index (χ1v) is 4.27. The van der Waals surface area contributed by atoms with E-state index in [4.69, 9.17) is 4.74 Å². The Bertz CT molecular complexity index is 370. The highest BCUT2D eigenvalue weighted by molar-refractivity contribution is 5.69. The van der Waals surface area contributed by atoms with E-state index in [1.807, 2.05) is 19.9 Å². The molecule has 1 aromatic rings. The fourth-order valence-corrected chi connectivity index (χ4v) is 1.20. The lowest BCUT2D eigenvalue weighted by atomic mass is 10.1. The Morgan fingerprint density at radius 3 is 2.50 bits per heavy atom. The van der Waals surface area contributed by atoms with Crippen LogP contribution in [0.2, 0.25) is 0 Å². The number of halogens is 2. The minimum Gasteiger partial charge on any atom is -0.493 e. The highest BCUT2D eigenvalue weighted by Crippen LogP contribution is 2.29. The van der Waals surface area contributed by atoms with Crippen LogP contribution in [-0.4, -0.2) is 7.11 Å². The molecule has 0 unspecified atom stereocenters. The maximum absolute atomic E-state index is 13.2. The van der Waals surface area contributed by atoms with E-state index < -0.39 is 11.6 Å². The number of allylic oxidation sites excluding steroid dienone is 2. The molecule has 0 saturated carbocycles. The molecule has 0 saturated heterocycles. The SMILES string of the molecule is C/C=C(/C)c1ccc(F)c(F)c1OC. The third-order valence-corrected chi connectivity index (χ3v) is 2.11. The zero-order valence-electron chi connectivity index (χ0n) is 8.40. The quantitative estimate of drug-likeness (QED) is 0.707. The Morgan fingerprint density at radius 2 is 2.00 bits per heavy atom. The van der Waals surface area contributed by atoms with Crippen LogP contribution in [0, 0.1) is 11.6 Å². The number of ether oxygens (including phenoxy) is 1. The molecule has 3 heteroatoms. The number of rotatable bonds is 2. The second-order valence-electron chi connectivity index (χ2n) is 2.91. The molecule has 0 fully saturated rings. The van der Waals surface area contributed by atoms with Crippen molar-refractivity contribution in [1.82, 2.24) is 0 Å². The van der Waals surface area contributed by atoms with Crippen LogP contribution in [-0.2, 0) is 0 Å². The lowest BCUT2D eigenvalue weighted by Crippen LogP contribution is -1.96. The van der Waals surface area contributed by atoms with Gasteiger partial charge in [-0.05, 0) is 31.6 Å². The van der Waals surface area contributed by atoms with E-state index in [2.05, 4.69) is 0 Å². The van der Waals surface area contributed by atoms with Crippen molar-refractivity contribution in [2.75, 3.05) is 7.11 Å². The summed E-state index contributed by atoms with van der Waals surface area (Å²) < 4.78 is 30.9. The predicted molar refractivity (Wildman–Crippen MR) is 52.2 cm³/mol. The van der Waals surface area contributed by atoms with E-state index in [1.165, 1.54) is 13.2 Å². The van der Waals surface area contributed by atoms with Crippen molar-refractivity contribution < 1.29 is 13.5 Å². The molecule has 0 radical (unpaired) electrons. The van der Waals surface area contributed by atoms with Gasteiger partial charge in [0.2, 0.25) is 5.82 Å². The number of hydrogen-bond acceptors (Lipinski definition) is 1. The smallest absolute Gasteiger partial charge is 0.201 e. The second kappa shape index (κ2) is 4.22. The van der Waals surface area contributed by atoms with E-state index >= 15 is 0 Å². The van der Waals surface area contributed by atoms with Crippen LogP contribution in [0.1, 0.15) is 19.4 Å². The summed E-state index contributed by atoms with van der Waals surface area (Å²) in [5.41, 5.74) is 1.43. The predicted octanol–water partition coefficient (Wildman–Crippen LogP) is 3.40. The monoisotopic (exact) mass is 198 g/mol. The third-order valence-electron chi connectivity index (χ3n) is 2.11. The van der Waals surface area contributed by atoms with E-state index in [0.29, 0.717) is 5.56 Å². The number of benzene rings is 1. The summed E-state index contributed by atoms with van der Waals surface area (Å²) in [6.07, 6.45) is 1.81. The molecule has 14 heavy (non-hydrogen) atoms. The normalized spacial score (nSPS) is 11.6. The maximum atomic E-state index is 13.2. The van der Waals surface area contributed by atoms with Crippen molar-refractivity contribution in [3.05, 3.63) is 35.4 Å². The fraction of sp³-hybridized carbons (Fsp3) is 0.273. The molecule has 0 amide bonds. The highest BCUT2D eigenvalue weighted by atomic mass is 19.2. The topological polar surface area (TPSA) is 9.23 Å². The Kier molecular flexibility index (Phi) is 3.23. The van der Waals surface area contributed by atoms with Gasteiger partial charge in [0.25, 0.3) is 0 Å². The fourth-order valence-electron chi connectivity index (χ4n) is 1.20. The lowest BCUT2D eigenvalue weighted by Gasteiger charge is -2.09. The maximum Gasteiger partial charge on any atom is 0.201 e. The van der Waals surface area contributed by atoms with Crippen molar-refractivity contribution in [2.24, 2.45) is 0 Å². The van der Waals surface area contributed by atoms with Gasteiger partial charge in [-0.3, -0.25) is 0 Å². The zero-order valence-corrected chi connectivity index (χ0v) is 8.40. The second-order valence-corrected chi connectivity index (χ2v) is 2.91. The van der Waals surface area contributed by atoms with Crippen LogP contribution in [0.3, 0.4) is 0 Å². The van der Waals surface area contributed by atoms with Gasteiger partial charge in [-0.2, -0.15) is 4.39 Å². The van der Waals surface area contributed by atoms with Gasteiger partial charge in [0.15, 0.2) is 11.6 Å². The summed E-state index contributed by atoms with van der Waals surface area (Å²) in [5, 5.41) is 0. The molecule has 76 valence electrons. The van der Waals surface area contributed by atoms with Crippen molar-refractivity contribution in [3.8, 4) is 5.75 Å². The molecule has 0 N–H and O–H groups in total. The van der Waals surface area contributed by atoms with Crippen LogP contribution >= 0.6 is 0 Å². The summed E-state index contributed by atoms with van der Waals surface area (Å²) in [7, 11) is 1.32. The van der Waals surface area contributed by atoms with Crippen molar-refractivity contribution in [2.45, 2.75) is 13.8 Å². The Labute approximate surface area is 82.0 Å². The zero-order chi connectivity index (χ0) is 10.7. The molecule has 0 aromatic heterocycles. The average Bonchev–Trinajstić information content (AvgIpc) is 2.20. The molecule has 0 heterocycles. The van der Waals surface area contributed by atoms with Crippen molar-refractivity contribution in [3.63, 3.8) is 0 Å². The molecule has 0 aliphatic heterocycles. The number of hydrogen-bond donors (Lipinski definition) is 0. The van der Waals surface area contributed by atoms with Crippen LogP contribution in [0.5, 0.6) is 5.75 Å². The summed E-state index contributed by atoms with van der Waals surface area (Å²) in [6.45, 7) is 3.64. The van der Waals surface area contributed by atoms with Gasteiger partial charge in [0.05, 0.1) is 7.11 Å².